The minimum absolute atomic E-state index is 0.571. The minimum atomic E-state index is 0.571. The van der Waals surface area contributed by atoms with Gasteiger partial charge < -0.3 is 5.73 Å². The summed E-state index contributed by atoms with van der Waals surface area (Å²) < 4.78 is 0. The van der Waals surface area contributed by atoms with Crippen molar-refractivity contribution in [2.75, 3.05) is 5.73 Å². The van der Waals surface area contributed by atoms with E-state index in [-0.39, 0.29) is 0 Å². The minimum Gasteiger partial charge on any atom is -0.384 e. The van der Waals surface area contributed by atoms with E-state index in [1.165, 1.54) is 25.7 Å². The van der Waals surface area contributed by atoms with Gasteiger partial charge in [-0.25, -0.2) is 15.0 Å². The number of nitrogens with zero attached hydrogens (tertiary/aromatic N) is 3. The number of rotatable bonds is 3. The van der Waals surface area contributed by atoms with Crippen LogP contribution < -0.4 is 5.73 Å². The van der Waals surface area contributed by atoms with Gasteiger partial charge in [0.15, 0.2) is 0 Å². The predicted octanol–water partition coefficient (Wildman–Crippen LogP) is 3.07. The van der Waals surface area contributed by atoms with Crippen molar-refractivity contribution in [2.24, 2.45) is 0 Å². The number of aryl methyl sites for hydroxylation is 1. The second-order valence-corrected chi connectivity index (χ2v) is 6.21. The molecule has 3 rings (SSSR count). The van der Waals surface area contributed by atoms with Crippen molar-refractivity contribution < 1.29 is 0 Å². The Bertz CT molecular complexity index is 573. The van der Waals surface area contributed by atoms with Crippen molar-refractivity contribution in [2.45, 2.75) is 44.9 Å². The Morgan fingerprint density at radius 3 is 2.74 bits per heavy atom. The molecule has 0 aromatic carbocycles. The van der Waals surface area contributed by atoms with Gasteiger partial charge in [-0.05, 0) is 19.8 Å². The molecule has 0 bridgehead atoms. The van der Waals surface area contributed by atoms with Crippen LogP contribution in [0.4, 0.5) is 5.82 Å². The molecule has 19 heavy (non-hydrogen) atoms. The van der Waals surface area contributed by atoms with Crippen LogP contribution in [-0.4, -0.2) is 15.0 Å². The molecule has 2 N–H and O–H groups in total. The van der Waals surface area contributed by atoms with Gasteiger partial charge >= 0.3 is 0 Å². The number of thiazole rings is 1. The normalized spacial score (nSPS) is 16.1. The molecule has 1 fully saturated rings. The maximum Gasteiger partial charge on any atom is 0.136 e. The van der Waals surface area contributed by atoms with E-state index in [1.54, 1.807) is 11.3 Å². The maximum atomic E-state index is 5.92. The molecular weight excluding hydrogens is 256 g/mol. The van der Waals surface area contributed by atoms with Crippen LogP contribution >= 0.6 is 11.3 Å². The van der Waals surface area contributed by atoms with Crippen LogP contribution in [0, 0.1) is 6.92 Å². The van der Waals surface area contributed by atoms with Crippen molar-refractivity contribution >= 4 is 17.2 Å². The zero-order valence-electron chi connectivity index (χ0n) is 11.1. The molecule has 2 aromatic rings. The highest BCUT2D eigenvalue weighted by Gasteiger charge is 2.19. The predicted molar refractivity (Wildman–Crippen MR) is 77.3 cm³/mol. The second kappa shape index (κ2) is 5.25. The Labute approximate surface area is 117 Å². The number of nitrogens with two attached hydrogens (primary N) is 1. The Hall–Kier alpha value is -1.49. The Morgan fingerprint density at radius 2 is 2.05 bits per heavy atom. The lowest BCUT2D eigenvalue weighted by atomic mass is 10.0. The van der Waals surface area contributed by atoms with Crippen LogP contribution in [0.15, 0.2) is 11.4 Å². The van der Waals surface area contributed by atoms with Gasteiger partial charge in [-0.15, -0.1) is 11.3 Å². The summed E-state index contributed by atoms with van der Waals surface area (Å²) in [5.74, 6) is 1.95. The standard InChI is InChI=1S/C14H18N4S/c1-9-16-11(8-19-9)6-14-17-12(7-13(15)18-14)10-4-2-3-5-10/h7-8,10H,2-6H2,1H3,(H2,15,17,18). The SMILES string of the molecule is Cc1nc(Cc2nc(N)cc(C3CCCC3)n2)cs1. The van der Waals surface area contributed by atoms with E-state index in [2.05, 4.69) is 15.3 Å². The van der Waals surface area contributed by atoms with Gasteiger partial charge in [0.25, 0.3) is 0 Å². The van der Waals surface area contributed by atoms with E-state index in [4.69, 9.17) is 10.7 Å². The molecule has 0 atom stereocenters. The van der Waals surface area contributed by atoms with Crippen molar-refractivity contribution in [1.82, 2.24) is 15.0 Å². The summed E-state index contributed by atoms with van der Waals surface area (Å²) in [5, 5.41) is 3.15. The molecule has 0 unspecified atom stereocenters. The van der Waals surface area contributed by atoms with Gasteiger partial charge in [0.1, 0.15) is 11.6 Å². The molecule has 0 spiro atoms. The van der Waals surface area contributed by atoms with Gasteiger partial charge in [-0.2, -0.15) is 0 Å². The number of nitrogen functional groups attached to an aromatic ring is 1. The van der Waals surface area contributed by atoms with Crippen LogP contribution in [0.2, 0.25) is 0 Å². The van der Waals surface area contributed by atoms with E-state index in [9.17, 15) is 0 Å². The second-order valence-electron chi connectivity index (χ2n) is 5.15. The van der Waals surface area contributed by atoms with Crippen molar-refractivity contribution in [1.29, 1.82) is 0 Å². The van der Waals surface area contributed by atoms with Crippen molar-refractivity contribution in [3.8, 4) is 0 Å². The first-order valence-electron chi connectivity index (χ1n) is 6.75. The fraction of sp³-hybridized carbons (Fsp3) is 0.500. The van der Waals surface area contributed by atoms with Crippen LogP contribution in [0.25, 0.3) is 0 Å². The third kappa shape index (κ3) is 2.92. The lowest BCUT2D eigenvalue weighted by Crippen LogP contribution is -2.06. The molecule has 100 valence electrons. The van der Waals surface area contributed by atoms with Crippen molar-refractivity contribution in [3.05, 3.63) is 33.7 Å². The Morgan fingerprint density at radius 1 is 1.26 bits per heavy atom. The van der Waals surface area contributed by atoms with Gasteiger partial charge in [0.05, 0.1) is 17.1 Å². The van der Waals surface area contributed by atoms with Gasteiger partial charge in [-0.1, -0.05) is 12.8 Å². The van der Waals surface area contributed by atoms with Crippen LogP contribution in [0.1, 0.15) is 53.8 Å². The quantitative estimate of drug-likeness (QED) is 0.934. The zero-order valence-corrected chi connectivity index (χ0v) is 11.9. The molecule has 1 aliphatic carbocycles. The average molecular weight is 274 g/mol. The molecular formula is C14H18N4S. The summed E-state index contributed by atoms with van der Waals surface area (Å²) in [4.78, 5) is 13.5. The van der Waals surface area contributed by atoms with E-state index >= 15 is 0 Å². The summed E-state index contributed by atoms with van der Waals surface area (Å²) in [6, 6.07) is 1.94. The molecule has 0 radical (unpaired) electrons. The van der Waals surface area contributed by atoms with E-state index in [0.717, 1.165) is 22.2 Å². The number of aromatic nitrogens is 3. The smallest absolute Gasteiger partial charge is 0.136 e. The zero-order chi connectivity index (χ0) is 13.2. The largest absolute Gasteiger partial charge is 0.384 e. The third-order valence-electron chi connectivity index (χ3n) is 3.59. The summed E-state index contributed by atoms with van der Waals surface area (Å²) in [5.41, 5.74) is 8.07. The fourth-order valence-corrected chi connectivity index (χ4v) is 3.31. The number of anilines is 1. The molecule has 0 aliphatic heterocycles. The molecule has 2 heterocycles. The first kappa shape index (κ1) is 12.5. The van der Waals surface area contributed by atoms with E-state index in [0.29, 0.717) is 18.2 Å². The van der Waals surface area contributed by atoms with Gasteiger partial charge in [-0.3, -0.25) is 0 Å². The van der Waals surface area contributed by atoms with Crippen LogP contribution in [-0.2, 0) is 6.42 Å². The molecule has 0 saturated heterocycles. The van der Waals surface area contributed by atoms with E-state index in [1.807, 2.05) is 13.0 Å². The van der Waals surface area contributed by atoms with Crippen LogP contribution in [0.3, 0.4) is 0 Å². The Kier molecular flexibility index (Phi) is 3.46. The first-order valence-corrected chi connectivity index (χ1v) is 7.63. The Balaban J connectivity index is 1.84. The highest BCUT2D eigenvalue weighted by atomic mass is 32.1. The third-order valence-corrected chi connectivity index (χ3v) is 4.41. The molecule has 1 aliphatic rings. The van der Waals surface area contributed by atoms with E-state index < -0.39 is 0 Å². The molecule has 2 aromatic heterocycles. The summed E-state index contributed by atoms with van der Waals surface area (Å²) >= 11 is 1.66. The molecule has 4 nitrogen and oxygen atoms in total. The average Bonchev–Trinajstić information content (AvgIpc) is 3.00. The lowest BCUT2D eigenvalue weighted by molar-refractivity contribution is 0.686. The first-order chi connectivity index (χ1) is 9.20. The van der Waals surface area contributed by atoms with Gasteiger partial charge in [0.2, 0.25) is 0 Å². The monoisotopic (exact) mass is 274 g/mol. The molecule has 0 amide bonds. The topological polar surface area (TPSA) is 64.7 Å². The highest BCUT2D eigenvalue weighted by molar-refractivity contribution is 7.09. The van der Waals surface area contributed by atoms with Crippen molar-refractivity contribution in [3.63, 3.8) is 0 Å². The summed E-state index contributed by atoms with van der Waals surface area (Å²) in [6.07, 6.45) is 5.73. The highest BCUT2D eigenvalue weighted by Crippen LogP contribution is 2.33. The lowest BCUT2D eigenvalue weighted by Gasteiger charge is -2.10. The summed E-state index contributed by atoms with van der Waals surface area (Å²) in [6.45, 7) is 2.01. The number of hydrogen-bond donors (Lipinski definition) is 1. The molecule has 5 heteroatoms. The fourth-order valence-electron chi connectivity index (χ4n) is 2.70. The van der Waals surface area contributed by atoms with Crippen LogP contribution in [0.5, 0.6) is 0 Å². The molecule has 1 saturated carbocycles. The number of hydrogen-bond acceptors (Lipinski definition) is 5. The maximum absolute atomic E-state index is 5.92. The van der Waals surface area contributed by atoms with Gasteiger partial charge in [0, 0.05) is 23.1 Å². The summed E-state index contributed by atoms with van der Waals surface area (Å²) in [7, 11) is 0.